The van der Waals surface area contributed by atoms with E-state index in [4.69, 9.17) is 9.47 Å². The standard InChI is InChI=1S/C10H14N2O3/c1-6(2)8-7(5-13)11-10(15-4)12-9(8)14-3/h5-6H,1-4H3. The van der Waals surface area contributed by atoms with Gasteiger partial charge in [-0.1, -0.05) is 13.8 Å². The van der Waals surface area contributed by atoms with E-state index < -0.39 is 0 Å². The molecule has 0 fully saturated rings. The van der Waals surface area contributed by atoms with Gasteiger partial charge < -0.3 is 9.47 Å². The van der Waals surface area contributed by atoms with Crippen LogP contribution in [0, 0.1) is 0 Å². The smallest absolute Gasteiger partial charge is 0.320 e. The van der Waals surface area contributed by atoms with Crippen molar-refractivity contribution in [2.75, 3.05) is 14.2 Å². The van der Waals surface area contributed by atoms with E-state index in [0.29, 0.717) is 23.4 Å². The van der Waals surface area contributed by atoms with Crippen LogP contribution in [0.15, 0.2) is 0 Å². The van der Waals surface area contributed by atoms with Crippen molar-refractivity contribution in [2.24, 2.45) is 0 Å². The summed E-state index contributed by atoms with van der Waals surface area (Å²) < 4.78 is 9.97. The number of ether oxygens (including phenoxy) is 2. The largest absolute Gasteiger partial charge is 0.481 e. The highest BCUT2D eigenvalue weighted by atomic mass is 16.5. The van der Waals surface area contributed by atoms with Gasteiger partial charge in [0.2, 0.25) is 5.88 Å². The average Bonchev–Trinajstić information content (AvgIpc) is 2.26. The molecule has 0 N–H and O–H groups in total. The second-order valence-electron chi connectivity index (χ2n) is 3.29. The molecular weight excluding hydrogens is 196 g/mol. The molecule has 5 nitrogen and oxygen atoms in total. The van der Waals surface area contributed by atoms with Gasteiger partial charge in [0.15, 0.2) is 6.29 Å². The summed E-state index contributed by atoms with van der Waals surface area (Å²) in [6.07, 6.45) is 0.683. The SMILES string of the molecule is COc1nc(C=O)c(C(C)C)c(OC)n1. The van der Waals surface area contributed by atoms with Crippen LogP contribution in [0.5, 0.6) is 11.9 Å². The summed E-state index contributed by atoms with van der Waals surface area (Å²) in [5.41, 5.74) is 1.02. The number of rotatable bonds is 4. The van der Waals surface area contributed by atoms with Gasteiger partial charge in [-0.25, -0.2) is 0 Å². The van der Waals surface area contributed by atoms with Crippen molar-refractivity contribution >= 4 is 6.29 Å². The van der Waals surface area contributed by atoms with Crippen molar-refractivity contribution in [3.63, 3.8) is 0 Å². The molecule has 1 aromatic heterocycles. The van der Waals surface area contributed by atoms with E-state index in [2.05, 4.69) is 9.97 Å². The Kier molecular flexibility index (Phi) is 3.60. The Bertz CT molecular complexity index is 364. The molecule has 0 amide bonds. The Hall–Kier alpha value is -1.65. The maximum atomic E-state index is 10.9. The zero-order chi connectivity index (χ0) is 11.4. The third kappa shape index (κ3) is 2.23. The summed E-state index contributed by atoms with van der Waals surface area (Å²) in [5.74, 6) is 0.505. The zero-order valence-electron chi connectivity index (χ0n) is 9.27. The van der Waals surface area contributed by atoms with Crippen LogP contribution in [0.4, 0.5) is 0 Å². The lowest BCUT2D eigenvalue weighted by atomic mass is 10.0. The van der Waals surface area contributed by atoms with E-state index in [1.165, 1.54) is 14.2 Å². The van der Waals surface area contributed by atoms with Gasteiger partial charge in [-0.15, -0.1) is 0 Å². The summed E-state index contributed by atoms with van der Waals surface area (Å²) in [6, 6.07) is 0.137. The first-order valence-electron chi connectivity index (χ1n) is 4.59. The fourth-order valence-corrected chi connectivity index (χ4v) is 1.32. The molecule has 82 valence electrons. The van der Waals surface area contributed by atoms with Gasteiger partial charge in [-0.3, -0.25) is 4.79 Å². The molecular formula is C10H14N2O3. The molecule has 1 rings (SSSR count). The van der Waals surface area contributed by atoms with Crippen LogP contribution in [0.3, 0.4) is 0 Å². The first-order chi connectivity index (χ1) is 7.13. The summed E-state index contributed by atoms with van der Waals surface area (Å²) in [6.45, 7) is 3.89. The third-order valence-electron chi connectivity index (χ3n) is 1.98. The van der Waals surface area contributed by atoms with E-state index in [1.807, 2.05) is 13.8 Å². The molecule has 0 aromatic carbocycles. The lowest BCUT2D eigenvalue weighted by molar-refractivity contribution is 0.111. The topological polar surface area (TPSA) is 61.3 Å². The third-order valence-corrected chi connectivity index (χ3v) is 1.98. The molecule has 0 radical (unpaired) electrons. The van der Waals surface area contributed by atoms with Gasteiger partial charge in [0.25, 0.3) is 0 Å². The van der Waals surface area contributed by atoms with E-state index in [9.17, 15) is 4.79 Å². The second kappa shape index (κ2) is 4.72. The Morgan fingerprint density at radius 2 is 1.87 bits per heavy atom. The highest BCUT2D eigenvalue weighted by molar-refractivity contribution is 5.75. The Morgan fingerprint density at radius 3 is 2.27 bits per heavy atom. The fourth-order valence-electron chi connectivity index (χ4n) is 1.32. The maximum Gasteiger partial charge on any atom is 0.320 e. The van der Waals surface area contributed by atoms with Crippen LogP contribution in [-0.2, 0) is 0 Å². The highest BCUT2D eigenvalue weighted by Gasteiger charge is 2.17. The van der Waals surface area contributed by atoms with Gasteiger partial charge in [0.05, 0.1) is 14.2 Å². The molecule has 0 bridgehead atoms. The van der Waals surface area contributed by atoms with Crippen molar-refractivity contribution in [3.8, 4) is 11.9 Å². The molecule has 1 heterocycles. The summed E-state index contributed by atoms with van der Waals surface area (Å²) >= 11 is 0. The predicted octanol–water partition coefficient (Wildman–Crippen LogP) is 1.43. The fraction of sp³-hybridized carbons (Fsp3) is 0.500. The second-order valence-corrected chi connectivity index (χ2v) is 3.29. The highest BCUT2D eigenvalue weighted by Crippen LogP contribution is 2.27. The van der Waals surface area contributed by atoms with Gasteiger partial charge in [-0.05, 0) is 5.92 Å². The average molecular weight is 210 g/mol. The van der Waals surface area contributed by atoms with Gasteiger partial charge in [0, 0.05) is 5.56 Å². The molecule has 0 saturated heterocycles. The summed E-state index contributed by atoms with van der Waals surface area (Å²) in [4.78, 5) is 18.8. The zero-order valence-corrected chi connectivity index (χ0v) is 9.27. The van der Waals surface area contributed by atoms with Crippen molar-refractivity contribution in [1.82, 2.24) is 9.97 Å². The quantitative estimate of drug-likeness (QED) is 0.703. The normalized spacial score (nSPS) is 10.2. The number of aldehydes is 1. The molecule has 0 saturated carbocycles. The van der Waals surface area contributed by atoms with E-state index in [1.54, 1.807) is 0 Å². The molecule has 1 aromatic rings. The monoisotopic (exact) mass is 210 g/mol. The van der Waals surface area contributed by atoms with Gasteiger partial charge in [0.1, 0.15) is 5.69 Å². The first-order valence-corrected chi connectivity index (χ1v) is 4.59. The number of carbonyl (C=O) groups excluding carboxylic acids is 1. The van der Waals surface area contributed by atoms with Crippen molar-refractivity contribution in [3.05, 3.63) is 11.3 Å². The van der Waals surface area contributed by atoms with Gasteiger partial charge in [-0.2, -0.15) is 9.97 Å². The van der Waals surface area contributed by atoms with E-state index in [0.717, 1.165) is 0 Å². The van der Waals surface area contributed by atoms with Crippen LogP contribution in [0.25, 0.3) is 0 Å². The number of hydrogen-bond donors (Lipinski definition) is 0. The minimum Gasteiger partial charge on any atom is -0.481 e. The number of nitrogens with zero attached hydrogens (tertiary/aromatic N) is 2. The Labute approximate surface area is 88.4 Å². The molecule has 5 heteroatoms. The van der Waals surface area contributed by atoms with E-state index >= 15 is 0 Å². The number of methoxy groups -OCH3 is 2. The lowest BCUT2D eigenvalue weighted by Crippen LogP contribution is -2.06. The van der Waals surface area contributed by atoms with Gasteiger partial charge >= 0.3 is 6.01 Å². The molecule has 15 heavy (non-hydrogen) atoms. The maximum absolute atomic E-state index is 10.9. The predicted molar refractivity (Wildman–Crippen MR) is 54.6 cm³/mol. The Balaban J connectivity index is 3.39. The van der Waals surface area contributed by atoms with E-state index in [-0.39, 0.29) is 11.9 Å². The molecule has 0 aliphatic rings. The molecule has 0 atom stereocenters. The molecule has 0 unspecified atom stereocenters. The number of hydrogen-bond acceptors (Lipinski definition) is 5. The summed E-state index contributed by atoms with van der Waals surface area (Å²) in [5, 5.41) is 0. The van der Waals surface area contributed by atoms with Crippen molar-refractivity contribution in [1.29, 1.82) is 0 Å². The van der Waals surface area contributed by atoms with Crippen LogP contribution in [0.2, 0.25) is 0 Å². The van der Waals surface area contributed by atoms with Crippen molar-refractivity contribution in [2.45, 2.75) is 19.8 Å². The lowest BCUT2D eigenvalue weighted by Gasteiger charge is -2.12. The summed E-state index contributed by atoms with van der Waals surface area (Å²) in [7, 11) is 2.95. The minimum absolute atomic E-state index is 0.117. The number of carbonyl (C=O) groups is 1. The molecule has 0 aliphatic heterocycles. The van der Waals surface area contributed by atoms with Crippen LogP contribution in [0.1, 0.15) is 35.8 Å². The first kappa shape index (κ1) is 11.4. The van der Waals surface area contributed by atoms with Crippen LogP contribution in [-0.4, -0.2) is 30.5 Å². The minimum atomic E-state index is 0.117. The molecule has 0 spiro atoms. The number of aromatic nitrogens is 2. The van der Waals surface area contributed by atoms with Crippen LogP contribution >= 0.6 is 0 Å². The molecule has 0 aliphatic carbocycles. The van der Waals surface area contributed by atoms with Crippen LogP contribution < -0.4 is 9.47 Å². The van der Waals surface area contributed by atoms with Crippen molar-refractivity contribution < 1.29 is 14.3 Å². The Morgan fingerprint density at radius 1 is 1.20 bits per heavy atom.